The standard InChI is InChI=1S/C19H32N4O3S.HI/c1-19(2,3)26-17-8-6-5-7-16(17)15-22-18(20-4)21-9-10-23-11-13-27(24,25)14-12-23;/h5-8H,9-15H2,1-4H3,(H2,20,21,22);1H. The maximum atomic E-state index is 11.5. The zero-order chi connectivity index (χ0) is 19.9. The number of aliphatic imine (C=N–C) groups is 1. The third-order valence-corrected chi connectivity index (χ3v) is 5.83. The third-order valence-electron chi connectivity index (χ3n) is 4.22. The van der Waals surface area contributed by atoms with Crippen LogP contribution in [0.5, 0.6) is 5.75 Å². The molecular weight excluding hydrogens is 491 g/mol. The molecule has 0 aliphatic carbocycles. The number of benzene rings is 1. The summed E-state index contributed by atoms with van der Waals surface area (Å²) in [7, 11) is -1.09. The smallest absolute Gasteiger partial charge is 0.191 e. The maximum Gasteiger partial charge on any atom is 0.191 e. The highest BCUT2D eigenvalue weighted by Crippen LogP contribution is 2.22. The van der Waals surface area contributed by atoms with E-state index in [9.17, 15) is 8.42 Å². The van der Waals surface area contributed by atoms with Gasteiger partial charge in [0.1, 0.15) is 11.4 Å². The van der Waals surface area contributed by atoms with Crippen LogP contribution in [0.25, 0.3) is 0 Å². The molecule has 1 fully saturated rings. The molecule has 160 valence electrons. The molecule has 0 radical (unpaired) electrons. The van der Waals surface area contributed by atoms with Crippen molar-refractivity contribution in [2.24, 2.45) is 4.99 Å². The second kappa shape index (κ2) is 11.2. The molecule has 0 spiro atoms. The molecule has 0 amide bonds. The van der Waals surface area contributed by atoms with Crippen LogP contribution in [0.2, 0.25) is 0 Å². The number of halogens is 1. The van der Waals surface area contributed by atoms with Gasteiger partial charge in [-0.3, -0.25) is 9.89 Å². The first-order valence-electron chi connectivity index (χ1n) is 9.33. The van der Waals surface area contributed by atoms with Crippen LogP contribution in [0.1, 0.15) is 26.3 Å². The Morgan fingerprint density at radius 2 is 1.82 bits per heavy atom. The van der Waals surface area contributed by atoms with E-state index in [4.69, 9.17) is 4.74 Å². The van der Waals surface area contributed by atoms with Crippen molar-refractivity contribution in [3.8, 4) is 5.75 Å². The van der Waals surface area contributed by atoms with Gasteiger partial charge in [0.05, 0.1) is 11.5 Å². The van der Waals surface area contributed by atoms with E-state index in [0.29, 0.717) is 32.1 Å². The molecule has 0 unspecified atom stereocenters. The lowest BCUT2D eigenvalue weighted by Gasteiger charge is -2.26. The van der Waals surface area contributed by atoms with Crippen LogP contribution in [-0.4, -0.2) is 69.6 Å². The lowest BCUT2D eigenvalue weighted by atomic mass is 10.1. The molecule has 1 heterocycles. The number of hydrogen-bond acceptors (Lipinski definition) is 5. The predicted molar refractivity (Wildman–Crippen MR) is 126 cm³/mol. The highest BCUT2D eigenvalue weighted by atomic mass is 127. The summed E-state index contributed by atoms with van der Waals surface area (Å²) in [6.07, 6.45) is 0. The zero-order valence-electron chi connectivity index (χ0n) is 17.2. The van der Waals surface area contributed by atoms with E-state index in [1.165, 1.54) is 0 Å². The van der Waals surface area contributed by atoms with E-state index in [2.05, 4.69) is 20.5 Å². The van der Waals surface area contributed by atoms with Crippen molar-refractivity contribution in [1.29, 1.82) is 0 Å². The van der Waals surface area contributed by atoms with Crippen molar-refractivity contribution in [2.75, 3.05) is 44.7 Å². The number of ether oxygens (including phenoxy) is 1. The van der Waals surface area contributed by atoms with Gasteiger partial charge in [0.15, 0.2) is 15.8 Å². The van der Waals surface area contributed by atoms with Crippen LogP contribution in [0.15, 0.2) is 29.3 Å². The third kappa shape index (κ3) is 8.95. The summed E-state index contributed by atoms with van der Waals surface area (Å²) in [4.78, 5) is 6.41. The molecule has 1 aromatic rings. The minimum absolute atomic E-state index is 0. The van der Waals surface area contributed by atoms with Crippen LogP contribution in [0.3, 0.4) is 0 Å². The summed E-state index contributed by atoms with van der Waals surface area (Å²) in [5.74, 6) is 2.09. The molecular formula is C19H33IN4O3S. The number of nitrogens with one attached hydrogen (secondary N) is 2. The van der Waals surface area contributed by atoms with Crippen molar-refractivity contribution in [2.45, 2.75) is 32.9 Å². The Balaban J connectivity index is 0.00000392. The van der Waals surface area contributed by atoms with Crippen LogP contribution in [0.4, 0.5) is 0 Å². The fourth-order valence-electron chi connectivity index (χ4n) is 2.79. The topological polar surface area (TPSA) is 83.0 Å². The monoisotopic (exact) mass is 524 g/mol. The summed E-state index contributed by atoms with van der Waals surface area (Å²) < 4.78 is 29.0. The SMILES string of the molecule is CN=C(NCCN1CCS(=O)(=O)CC1)NCc1ccccc1OC(C)(C)C.I. The van der Waals surface area contributed by atoms with Crippen molar-refractivity contribution in [3.05, 3.63) is 29.8 Å². The first kappa shape index (κ1) is 25.0. The molecule has 0 saturated carbocycles. The van der Waals surface area contributed by atoms with Gasteiger partial charge < -0.3 is 15.4 Å². The second-order valence-electron chi connectivity index (χ2n) is 7.67. The number of hydrogen-bond donors (Lipinski definition) is 2. The Morgan fingerprint density at radius 3 is 2.43 bits per heavy atom. The molecule has 0 atom stereocenters. The Morgan fingerprint density at radius 1 is 1.18 bits per heavy atom. The quantitative estimate of drug-likeness (QED) is 0.336. The summed E-state index contributed by atoms with van der Waals surface area (Å²) in [5.41, 5.74) is 0.814. The number of rotatable bonds is 6. The molecule has 2 rings (SSSR count). The summed E-state index contributed by atoms with van der Waals surface area (Å²) in [6.45, 7) is 9.41. The van der Waals surface area contributed by atoms with E-state index >= 15 is 0 Å². The molecule has 1 saturated heterocycles. The fourth-order valence-corrected chi connectivity index (χ4v) is 4.06. The predicted octanol–water partition coefficient (Wildman–Crippen LogP) is 1.88. The number of guanidine groups is 1. The average Bonchev–Trinajstić information content (AvgIpc) is 2.59. The van der Waals surface area contributed by atoms with E-state index in [1.807, 2.05) is 45.0 Å². The summed E-state index contributed by atoms with van der Waals surface area (Å²) >= 11 is 0. The van der Waals surface area contributed by atoms with Gasteiger partial charge in [-0.15, -0.1) is 24.0 Å². The van der Waals surface area contributed by atoms with Gasteiger partial charge in [-0.25, -0.2) is 8.42 Å². The summed E-state index contributed by atoms with van der Waals surface area (Å²) in [6, 6.07) is 7.97. The van der Waals surface area contributed by atoms with Crippen molar-refractivity contribution < 1.29 is 13.2 Å². The van der Waals surface area contributed by atoms with E-state index in [-0.39, 0.29) is 41.1 Å². The fraction of sp³-hybridized carbons (Fsp3) is 0.632. The van der Waals surface area contributed by atoms with Gasteiger partial charge in [0.2, 0.25) is 0 Å². The minimum atomic E-state index is -2.83. The number of para-hydroxylation sites is 1. The molecule has 1 aliphatic rings. The first-order chi connectivity index (χ1) is 12.7. The molecule has 9 heteroatoms. The van der Waals surface area contributed by atoms with E-state index < -0.39 is 9.84 Å². The van der Waals surface area contributed by atoms with Crippen LogP contribution in [-0.2, 0) is 16.4 Å². The highest BCUT2D eigenvalue weighted by Gasteiger charge is 2.21. The normalized spacial score (nSPS) is 17.5. The molecule has 1 aromatic carbocycles. The Labute approximate surface area is 186 Å². The van der Waals surface area contributed by atoms with Crippen LogP contribution in [0, 0.1) is 0 Å². The maximum absolute atomic E-state index is 11.5. The Bertz CT molecular complexity index is 734. The van der Waals surface area contributed by atoms with Gasteiger partial charge >= 0.3 is 0 Å². The van der Waals surface area contributed by atoms with Crippen LogP contribution >= 0.6 is 24.0 Å². The Hall–Kier alpha value is -1.07. The lowest BCUT2D eigenvalue weighted by molar-refractivity contribution is 0.129. The first-order valence-corrected chi connectivity index (χ1v) is 11.1. The Kier molecular flexibility index (Phi) is 9.99. The highest BCUT2D eigenvalue weighted by molar-refractivity contribution is 14.0. The van der Waals surface area contributed by atoms with E-state index in [1.54, 1.807) is 7.05 Å². The molecule has 1 aliphatic heterocycles. The van der Waals surface area contributed by atoms with Crippen LogP contribution < -0.4 is 15.4 Å². The average molecular weight is 524 g/mol. The molecule has 2 N–H and O–H groups in total. The van der Waals surface area contributed by atoms with Crippen molar-refractivity contribution in [1.82, 2.24) is 15.5 Å². The molecule has 7 nitrogen and oxygen atoms in total. The zero-order valence-corrected chi connectivity index (χ0v) is 20.3. The molecule has 0 bridgehead atoms. The minimum Gasteiger partial charge on any atom is -0.488 e. The largest absolute Gasteiger partial charge is 0.488 e. The molecule has 28 heavy (non-hydrogen) atoms. The van der Waals surface area contributed by atoms with Crippen molar-refractivity contribution in [3.63, 3.8) is 0 Å². The van der Waals surface area contributed by atoms with Crippen molar-refractivity contribution >= 4 is 39.8 Å². The molecule has 0 aromatic heterocycles. The van der Waals surface area contributed by atoms with Gasteiger partial charge in [-0.2, -0.15) is 0 Å². The van der Waals surface area contributed by atoms with Gasteiger partial charge in [-0.05, 0) is 26.8 Å². The second-order valence-corrected chi connectivity index (χ2v) is 9.97. The van der Waals surface area contributed by atoms with Gasteiger partial charge in [0.25, 0.3) is 0 Å². The number of nitrogens with zero attached hydrogens (tertiary/aromatic N) is 2. The summed E-state index contributed by atoms with van der Waals surface area (Å²) in [5, 5.41) is 6.59. The van der Waals surface area contributed by atoms with Gasteiger partial charge in [0, 0.05) is 45.3 Å². The van der Waals surface area contributed by atoms with Gasteiger partial charge in [-0.1, -0.05) is 18.2 Å². The number of sulfone groups is 1. The lowest BCUT2D eigenvalue weighted by Crippen LogP contribution is -2.45. The van der Waals surface area contributed by atoms with E-state index in [0.717, 1.165) is 17.9 Å².